The van der Waals surface area contributed by atoms with E-state index in [2.05, 4.69) is 18.7 Å². The third kappa shape index (κ3) is 1.38. The van der Waals surface area contributed by atoms with Gasteiger partial charge in [-0.25, -0.2) is 4.39 Å². The standard InChI is InChI=1S/C11H18FNO/c1-8(2)5-11-6-9(12)7-13(11)4-3-10(11)14/h8-9H,3-7H2,1-2H3/t9-,11-/m1/s1. The second-order valence-electron chi connectivity index (χ2n) is 5.05. The van der Waals surface area contributed by atoms with Crippen molar-refractivity contribution in [2.45, 2.75) is 44.8 Å². The first-order valence-corrected chi connectivity index (χ1v) is 5.47. The van der Waals surface area contributed by atoms with E-state index in [0.717, 1.165) is 13.0 Å². The van der Waals surface area contributed by atoms with E-state index < -0.39 is 11.7 Å². The van der Waals surface area contributed by atoms with Crippen molar-refractivity contribution >= 4 is 5.78 Å². The van der Waals surface area contributed by atoms with Gasteiger partial charge < -0.3 is 0 Å². The summed E-state index contributed by atoms with van der Waals surface area (Å²) in [7, 11) is 0. The van der Waals surface area contributed by atoms with E-state index in [0.29, 0.717) is 25.3 Å². The largest absolute Gasteiger partial charge is 0.298 e. The Kier molecular flexibility index (Phi) is 2.38. The van der Waals surface area contributed by atoms with Crippen molar-refractivity contribution in [1.82, 2.24) is 4.90 Å². The molecule has 0 unspecified atom stereocenters. The van der Waals surface area contributed by atoms with Crippen molar-refractivity contribution < 1.29 is 9.18 Å². The maximum Gasteiger partial charge on any atom is 0.154 e. The minimum atomic E-state index is -0.794. The summed E-state index contributed by atoms with van der Waals surface area (Å²) in [6.45, 7) is 5.44. The predicted octanol–water partition coefficient (Wildman–Crippen LogP) is 1.79. The second-order valence-corrected chi connectivity index (χ2v) is 5.05. The van der Waals surface area contributed by atoms with E-state index in [9.17, 15) is 9.18 Å². The van der Waals surface area contributed by atoms with Gasteiger partial charge in [0.15, 0.2) is 5.78 Å². The number of ketones is 1. The molecule has 2 aliphatic rings. The molecule has 2 heterocycles. The molecule has 0 spiro atoms. The number of alkyl halides is 1. The molecule has 2 saturated heterocycles. The van der Waals surface area contributed by atoms with Crippen LogP contribution in [0, 0.1) is 5.92 Å². The molecule has 2 atom stereocenters. The monoisotopic (exact) mass is 199 g/mol. The fraction of sp³-hybridized carbons (Fsp3) is 0.909. The molecule has 14 heavy (non-hydrogen) atoms. The highest BCUT2D eigenvalue weighted by Gasteiger charge is 2.54. The third-order valence-corrected chi connectivity index (χ3v) is 3.46. The number of hydrogen-bond donors (Lipinski definition) is 0. The molecule has 0 aromatic heterocycles. The van der Waals surface area contributed by atoms with Gasteiger partial charge in [0.2, 0.25) is 0 Å². The third-order valence-electron chi connectivity index (χ3n) is 3.46. The van der Waals surface area contributed by atoms with Gasteiger partial charge in [0, 0.05) is 25.9 Å². The molecule has 0 saturated carbocycles. The number of carbonyl (C=O) groups is 1. The first-order chi connectivity index (χ1) is 6.54. The minimum Gasteiger partial charge on any atom is -0.298 e. The summed E-state index contributed by atoms with van der Waals surface area (Å²) in [6.07, 6.45) is 1.09. The van der Waals surface area contributed by atoms with E-state index in [1.165, 1.54) is 0 Å². The number of nitrogens with zero attached hydrogens (tertiary/aromatic N) is 1. The van der Waals surface area contributed by atoms with Gasteiger partial charge in [0.25, 0.3) is 0 Å². The Hall–Kier alpha value is -0.440. The number of Topliss-reactive ketones (excluding diaryl/α,β-unsaturated/α-hetero) is 1. The highest BCUT2D eigenvalue weighted by molar-refractivity contribution is 5.91. The molecule has 80 valence electrons. The lowest BCUT2D eigenvalue weighted by Crippen LogP contribution is -2.44. The van der Waals surface area contributed by atoms with Gasteiger partial charge in [-0.3, -0.25) is 9.69 Å². The number of hydrogen-bond acceptors (Lipinski definition) is 2. The van der Waals surface area contributed by atoms with Crippen LogP contribution in [0.4, 0.5) is 4.39 Å². The number of fused-ring (bicyclic) bond motifs is 1. The number of rotatable bonds is 2. The van der Waals surface area contributed by atoms with Gasteiger partial charge in [0.1, 0.15) is 6.17 Å². The quantitative estimate of drug-likeness (QED) is 0.675. The van der Waals surface area contributed by atoms with Gasteiger partial charge in [-0.05, 0) is 12.3 Å². The summed E-state index contributed by atoms with van der Waals surface area (Å²) in [5, 5.41) is 0. The predicted molar refractivity (Wildman–Crippen MR) is 52.9 cm³/mol. The normalized spacial score (nSPS) is 38.3. The SMILES string of the molecule is CC(C)C[C@]12C[C@@H](F)CN1CCC2=O. The van der Waals surface area contributed by atoms with Crippen LogP contribution in [0.5, 0.6) is 0 Å². The Morgan fingerprint density at radius 2 is 2.36 bits per heavy atom. The molecule has 0 aromatic carbocycles. The molecule has 2 nitrogen and oxygen atoms in total. The zero-order chi connectivity index (χ0) is 10.3. The summed E-state index contributed by atoms with van der Waals surface area (Å²) < 4.78 is 13.3. The average molecular weight is 199 g/mol. The molecule has 3 heteroatoms. The molecular formula is C11H18FNO. The van der Waals surface area contributed by atoms with E-state index in [1.54, 1.807) is 0 Å². The van der Waals surface area contributed by atoms with Crippen molar-refractivity contribution in [3.8, 4) is 0 Å². The highest BCUT2D eigenvalue weighted by Crippen LogP contribution is 2.41. The Balaban J connectivity index is 2.22. The van der Waals surface area contributed by atoms with Gasteiger partial charge in [0.05, 0.1) is 5.54 Å². The maximum absolute atomic E-state index is 13.3. The first kappa shape index (κ1) is 10.1. The molecule has 2 rings (SSSR count). The molecule has 2 fully saturated rings. The summed E-state index contributed by atoms with van der Waals surface area (Å²) in [4.78, 5) is 13.9. The zero-order valence-corrected chi connectivity index (χ0v) is 8.92. The molecule has 0 radical (unpaired) electrons. The smallest absolute Gasteiger partial charge is 0.154 e. The van der Waals surface area contributed by atoms with Crippen molar-refractivity contribution in [1.29, 1.82) is 0 Å². The van der Waals surface area contributed by atoms with Crippen LogP contribution in [-0.4, -0.2) is 35.5 Å². The van der Waals surface area contributed by atoms with Crippen molar-refractivity contribution in [2.75, 3.05) is 13.1 Å². The van der Waals surface area contributed by atoms with Crippen LogP contribution in [-0.2, 0) is 4.79 Å². The summed E-state index contributed by atoms with van der Waals surface area (Å²) in [5.74, 6) is 0.733. The molecule has 0 bridgehead atoms. The minimum absolute atomic E-state index is 0.270. The Bertz CT molecular complexity index is 254. The zero-order valence-electron chi connectivity index (χ0n) is 8.92. The molecule has 0 amide bonds. The van der Waals surface area contributed by atoms with Gasteiger partial charge in [-0.2, -0.15) is 0 Å². The Labute approximate surface area is 84.5 Å². The van der Waals surface area contributed by atoms with Gasteiger partial charge in [-0.1, -0.05) is 13.8 Å². The maximum atomic E-state index is 13.3. The highest BCUT2D eigenvalue weighted by atomic mass is 19.1. The average Bonchev–Trinajstić information content (AvgIpc) is 2.49. The summed E-state index contributed by atoms with van der Waals surface area (Å²) >= 11 is 0. The first-order valence-electron chi connectivity index (χ1n) is 5.47. The van der Waals surface area contributed by atoms with Crippen LogP contribution in [0.3, 0.4) is 0 Å². The van der Waals surface area contributed by atoms with Gasteiger partial charge >= 0.3 is 0 Å². The van der Waals surface area contributed by atoms with Gasteiger partial charge in [-0.15, -0.1) is 0 Å². The molecule has 0 aromatic rings. The summed E-state index contributed by atoms with van der Waals surface area (Å²) in [6, 6.07) is 0. The van der Waals surface area contributed by atoms with Crippen LogP contribution in [0.2, 0.25) is 0 Å². The lowest BCUT2D eigenvalue weighted by molar-refractivity contribution is -0.125. The lowest BCUT2D eigenvalue weighted by atomic mass is 9.84. The summed E-state index contributed by atoms with van der Waals surface area (Å²) in [5.41, 5.74) is -0.423. The lowest BCUT2D eigenvalue weighted by Gasteiger charge is -2.31. The Morgan fingerprint density at radius 1 is 1.64 bits per heavy atom. The Morgan fingerprint density at radius 3 is 3.00 bits per heavy atom. The molecule has 0 N–H and O–H groups in total. The topological polar surface area (TPSA) is 20.3 Å². The van der Waals surface area contributed by atoms with Crippen LogP contribution < -0.4 is 0 Å². The fourth-order valence-electron chi connectivity index (χ4n) is 3.04. The molecule has 2 aliphatic heterocycles. The van der Waals surface area contributed by atoms with E-state index in [1.807, 2.05) is 0 Å². The van der Waals surface area contributed by atoms with Crippen LogP contribution in [0.1, 0.15) is 33.1 Å². The van der Waals surface area contributed by atoms with Crippen LogP contribution in [0.15, 0.2) is 0 Å². The van der Waals surface area contributed by atoms with Crippen molar-refractivity contribution in [3.05, 3.63) is 0 Å². The number of carbonyl (C=O) groups excluding carboxylic acids is 1. The van der Waals surface area contributed by atoms with Crippen LogP contribution in [0.25, 0.3) is 0 Å². The van der Waals surface area contributed by atoms with E-state index in [4.69, 9.17) is 0 Å². The van der Waals surface area contributed by atoms with Crippen molar-refractivity contribution in [3.63, 3.8) is 0 Å². The van der Waals surface area contributed by atoms with Crippen LogP contribution >= 0.6 is 0 Å². The fourth-order valence-corrected chi connectivity index (χ4v) is 3.04. The van der Waals surface area contributed by atoms with Crippen molar-refractivity contribution in [2.24, 2.45) is 5.92 Å². The molecule has 0 aliphatic carbocycles. The molecular weight excluding hydrogens is 181 g/mol. The van der Waals surface area contributed by atoms with E-state index >= 15 is 0 Å². The number of halogens is 1. The second kappa shape index (κ2) is 3.30. The van der Waals surface area contributed by atoms with E-state index in [-0.39, 0.29) is 5.78 Å².